The fourth-order valence-electron chi connectivity index (χ4n) is 2.08. The van der Waals surface area contributed by atoms with E-state index in [9.17, 15) is 4.79 Å². The van der Waals surface area contributed by atoms with Crippen molar-refractivity contribution in [3.8, 4) is 0 Å². The van der Waals surface area contributed by atoms with Crippen molar-refractivity contribution >= 4 is 55.2 Å². The van der Waals surface area contributed by atoms with Crippen LogP contribution in [0.15, 0.2) is 26.2 Å². The lowest BCUT2D eigenvalue weighted by Crippen LogP contribution is -2.15. The highest BCUT2D eigenvalue weighted by molar-refractivity contribution is 9.11. The quantitative estimate of drug-likeness (QED) is 0.665. The van der Waals surface area contributed by atoms with Crippen molar-refractivity contribution in [2.75, 3.05) is 11.1 Å². The molecule has 0 aliphatic carbocycles. The van der Waals surface area contributed by atoms with Crippen LogP contribution in [0.2, 0.25) is 0 Å². The number of rotatable bonds is 5. The van der Waals surface area contributed by atoms with E-state index in [0.717, 1.165) is 31.2 Å². The van der Waals surface area contributed by atoms with Crippen molar-refractivity contribution in [3.63, 3.8) is 0 Å². The minimum absolute atomic E-state index is 0.0886. The summed E-state index contributed by atoms with van der Waals surface area (Å²) in [6.07, 6.45) is 0. The highest BCUT2D eigenvalue weighted by Crippen LogP contribution is 2.32. The summed E-state index contributed by atoms with van der Waals surface area (Å²) in [4.78, 5) is 12.2. The smallest absolute Gasteiger partial charge is 0.234 e. The van der Waals surface area contributed by atoms with Gasteiger partial charge in [-0.3, -0.25) is 4.79 Å². The molecule has 0 radical (unpaired) electrons. The molecule has 0 fully saturated rings. The van der Waals surface area contributed by atoms with Gasteiger partial charge in [-0.05, 0) is 56.5 Å². The number of amides is 1. The van der Waals surface area contributed by atoms with Gasteiger partial charge in [0, 0.05) is 21.9 Å². The number of halogens is 2. The third kappa shape index (κ3) is 4.58. The predicted molar refractivity (Wildman–Crippen MR) is 101 cm³/mol. The first-order chi connectivity index (χ1) is 10.8. The molecule has 2 rings (SSSR count). The van der Waals surface area contributed by atoms with E-state index in [4.69, 9.17) is 0 Å². The molecule has 0 saturated carbocycles. The zero-order chi connectivity index (χ0) is 17.1. The lowest BCUT2D eigenvalue weighted by molar-refractivity contribution is -0.113. The zero-order valence-corrected chi connectivity index (χ0v) is 17.3. The molecule has 0 spiro atoms. The highest BCUT2D eigenvalue weighted by Gasteiger charge is 2.15. The van der Waals surface area contributed by atoms with Gasteiger partial charge in [-0.25, -0.2) is 0 Å². The Morgan fingerprint density at radius 3 is 2.43 bits per heavy atom. The Morgan fingerprint density at radius 2 is 1.91 bits per heavy atom. The second kappa shape index (κ2) is 7.81. The van der Waals surface area contributed by atoms with Crippen molar-refractivity contribution in [3.05, 3.63) is 32.5 Å². The number of carbonyl (C=O) groups excluding carboxylic acids is 1. The fraction of sp³-hybridized carbons (Fsp3) is 0.400. The number of thioether (sulfide) groups is 1. The van der Waals surface area contributed by atoms with Gasteiger partial charge in [0.15, 0.2) is 5.16 Å². The summed E-state index contributed by atoms with van der Waals surface area (Å²) < 4.78 is 3.63. The predicted octanol–water partition coefficient (Wildman–Crippen LogP) is 4.50. The third-order valence-electron chi connectivity index (χ3n) is 3.17. The molecule has 2 aromatic rings. The Labute approximate surface area is 156 Å². The van der Waals surface area contributed by atoms with Gasteiger partial charge in [0.1, 0.15) is 5.82 Å². The number of anilines is 1. The number of benzene rings is 1. The van der Waals surface area contributed by atoms with Crippen molar-refractivity contribution in [2.45, 2.75) is 31.8 Å². The molecule has 0 atom stereocenters. The van der Waals surface area contributed by atoms with Crippen LogP contribution in [0.4, 0.5) is 5.69 Å². The zero-order valence-electron chi connectivity index (χ0n) is 13.4. The van der Waals surface area contributed by atoms with Crippen LogP contribution in [0, 0.1) is 6.92 Å². The van der Waals surface area contributed by atoms with E-state index in [0.29, 0.717) is 5.92 Å². The van der Waals surface area contributed by atoms with E-state index in [2.05, 4.69) is 61.2 Å². The maximum Gasteiger partial charge on any atom is 0.234 e. The molecule has 0 unspecified atom stereocenters. The first kappa shape index (κ1) is 18.5. The average Bonchev–Trinajstić information content (AvgIpc) is 2.82. The molecular weight excluding hydrogens is 444 g/mol. The Bertz CT molecular complexity index is 707. The third-order valence-corrected chi connectivity index (χ3v) is 5.44. The molecule has 0 bridgehead atoms. The molecule has 124 valence electrons. The molecule has 0 aliphatic heterocycles. The molecule has 1 amide bonds. The van der Waals surface area contributed by atoms with Crippen LogP contribution in [0.1, 0.15) is 31.2 Å². The van der Waals surface area contributed by atoms with Gasteiger partial charge in [-0.2, -0.15) is 0 Å². The van der Waals surface area contributed by atoms with Crippen LogP contribution in [-0.2, 0) is 11.8 Å². The Hall–Kier alpha value is -0.860. The normalized spacial score (nSPS) is 11.1. The number of carbonyl (C=O) groups is 1. The summed E-state index contributed by atoms with van der Waals surface area (Å²) in [5, 5.41) is 12.0. The Kier molecular flexibility index (Phi) is 6.27. The molecular formula is C15H18Br2N4OS. The number of aryl methyl sites for hydroxylation is 1. The molecule has 0 aliphatic rings. The van der Waals surface area contributed by atoms with Crippen molar-refractivity contribution in [1.29, 1.82) is 0 Å². The summed E-state index contributed by atoms with van der Waals surface area (Å²) in [5.41, 5.74) is 1.85. The van der Waals surface area contributed by atoms with E-state index in [1.54, 1.807) is 0 Å². The standard InChI is InChI=1S/C15H18Br2N4OS/c1-8(2)14-19-20-15(21(14)4)23-7-12(22)18-13-10(16)5-9(3)6-11(13)17/h5-6,8H,7H2,1-4H3,(H,18,22). The molecule has 1 heterocycles. The van der Waals surface area contributed by atoms with Gasteiger partial charge in [0.25, 0.3) is 0 Å². The van der Waals surface area contributed by atoms with Gasteiger partial charge in [-0.1, -0.05) is 25.6 Å². The number of hydrogen-bond acceptors (Lipinski definition) is 4. The minimum Gasteiger partial charge on any atom is -0.323 e. The molecule has 1 aromatic carbocycles. The lowest BCUT2D eigenvalue weighted by atomic mass is 10.2. The minimum atomic E-state index is -0.0886. The average molecular weight is 462 g/mol. The summed E-state index contributed by atoms with van der Waals surface area (Å²) in [6.45, 7) is 6.13. The maximum atomic E-state index is 12.2. The van der Waals surface area contributed by atoms with Crippen LogP contribution in [-0.4, -0.2) is 26.4 Å². The first-order valence-corrected chi connectivity index (χ1v) is 9.64. The van der Waals surface area contributed by atoms with Crippen LogP contribution in [0.3, 0.4) is 0 Å². The van der Waals surface area contributed by atoms with Crippen molar-refractivity contribution < 1.29 is 4.79 Å². The van der Waals surface area contributed by atoms with Gasteiger partial charge in [0.05, 0.1) is 11.4 Å². The highest BCUT2D eigenvalue weighted by atomic mass is 79.9. The van der Waals surface area contributed by atoms with E-state index < -0.39 is 0 Å². The van der Waals surface area contributed by atoms with Gasteiger partial charge in [0.2, 0.25) is 5.91 Å². The molecule has 8 heteroatoms. The molecule has 0 saturated heterocycles. The monoisotopic (exact) mass is 460 g/mol. The SMILES string of the molecule is Cc1cc(Br)c(NC(=O)CSc2nnc(C(C)C)n2C)c(Br)c1. The molecule has 23 heavy (non-hydrogen) atoms. The van der Waals surface area contributed by atoms with E-state index in [1.807, 2.05) is 30.7 Å². The molecule has 5 nitrogen and oxygen atoms in total. The maximum absolute atomic E-state index is 12.2. The van der Waals surface area contributed by atoms with Crippen LogP contribution < -0.4 is 5.32 Å². The second-order valence-corrected chi connectivity index (χ2v) is 8.15. The summed E-state index contributed by atoms with van der Waals surface area (Å²) in [7, 11) is 1.92. The summed E-state index contributed by atoms with van der Waals surface area (Å²) in [5.74, 6) is 1.40. The van der Waals surface area contributed by atoms with Crippen LogP contribution in [0.5, 0.6) is 0 Å². The van der Waals surface area contributed by atoms with Gasteiger partial charge >= 0.3 is 0 Å². The number of nitrogens with zero attached hydrogens (tertiary/aromatic N) is 3. The Balaban J connectivity index is 2.01. The Morgan fingerprint density at radius 1 is 1.30 bits per heavy atom. The largest absolute Gasteiger partial charge is 0.323 e. The number of aromatic nitrogens is 3. The summed E-state index contributed by atoms with van der Waals surface area (Å²) in [6, 6.07) is 3.93. The fourth-order valence-corrected chi connectivity index (χ4v) is 4.41. The van der Waals surface area contributed by atoms with E-state index in [1.165, 1.54) is 11.8 Å². The van der Waals surface area contributed by atoms with Crippen LogP contribution in [0.25, 0.3) is 0 Å². The number of nitrogens with one attached hydrogen (secondary N) is 1. The molecule has 1 aromatic heterocycles. The van der Waals surface area contributed by atoms with Crippen molar-refractivity contribution in [1.82, 2.24) is 14.8 Å². The first-order valence-electron chi connectivity index (χ1n) is 7.07. The van der Waals surface area contributed by atoms with E-state index in [-0.39, 0.29) is 11.7 Å². The van der Waals surface area contributed by atoms with Crippen molar-refractivity contribution in [2.24, 2.45) is 7.05 Å². The summed E-state index contributed by atoms with van der Waals surface area (Å²) >= 11 is 8.32. The van der Waals surface area contributed by atoms with E-state index >= 15 is 0 Å². The topological polar surface area (TPSA) is 59.8 Å². The van der Waals surface area contributed by atoms with Gasteiger partial charge < -0.3 is 9.88 Å². The number of hydrogen-bond donors (Lipinski definition) is 1. The van der Waals surface area contributed by atoms with Gasteiger partial charge in [-0.15, -0.1) is 10.2 Å². The second-order valence-electron chi connectivity index (χ2n) is 5.49. The van der Waals surface area contributed by atoms with Crippen LogP contribution >= 0.6 is 43.6 Å². The molecule has 1 N–H and O–H groups in total. The lowest BCUT2D eigenvalue weighted by Gasteiger charge is -2.11.